The third-order valence-corrected chi connectivity index (χ3v) is 4.60. The Morgan fingerprint density at radius 2 is 1.92 bits per heavy atom. The summed E-state index contributed by atoms with van der Waals surface area (Å²) in [6.07, 6.45) is -0.237. The van der Waals surface area contributed by atoms with Crippen LogP contribution in [0.15, 0.2) is 48.5 Å². The molecule has 0 aliphatic carbocycles. The maximum Gasteiger partial charge on any atom is 0.265 e. The van der Waals surface area contributed by atoms with Crippen LogP contribution in [0.25, 0.3) is 10.2 Å². The van der Waals surface area contributed by atoms with Crippen molar-refractivity contribution < 1.29 is 14.3 Å². The van der Waals surface area contributed by atoms with E-state index in [1.54, 1.807) is 38.1 Å². The maximum atomic E-state index is 12.3. The SMILES string of the molecule is CCC(=O)Nc1nc2cc(NC(=O)[C@@H](C)Oc3ccccc3)ccc2s1. The molecular formula is C19H19N3O3S. The zero-order valence-corrected chi connectivity index (χ0v) is 15.3. The van der Waals surface area contributed by atoms with Crippen molar-refractivity contribution in [2.45, 2.75) is 26.4 Å². The molecule has 0 fully saturated rings. The minimum atomic E-state index is -0.636. The van der Waals surface area contributed by atoms with E-state index in [0.717, 1.165) is 10.2 Å². The molecule has 134 valence electrons. The van der Waals surface area contributed by atoms with Crippen LogP contribution in [0, 0.1) is 0 Å². The van der Waals surface area contributed by atoms with E-state index in [2.05, 4.69) is 15.6 Å². The van der Waals surface area contributed by atoms with Crippen LogP contribution in [0.4, 0.5) is 10.8 Å². The van der Waals surface area contributed by atoms with Gasteiger partial charge in [-0.15, -0.1) is 0 Å². The summed E-state index contributed by atoms with van der Waals surface area (Å²) < 4.78 is 6.56. The van der Waals surface area contributed by atoms with E-state index in [4.69, 9.17) is 4.74 Å². The minimum Gasteiger partial charge on any atom is -0.481 e. The Balaban J connectivity index is 1.68. The second-order valence-electron chi connectivity index (χ2n) is 5.67. The Morgan fingerprint density at radius 1 is 1.15 bits per heavy atom. The molecule has 0 bridgehead atoms. The van der Waals surface area contributed by atoms with Crippen molar-refractivity contribution in [2.75, 3.05) is 10.6 Å². The van der Waals surface area contributed by atoms with Crippen LogP contribution in [0.5, 0.6) is 5.75 Å². The fraction of sp³-hybridized carbons (Fsp3) is 0.211. The smallest absolute Gasteiger partial charge is 0.265 e. The number of benzene rings is 2. The third-order valence-electron chi connectivity index (χ3n) is 3.65. The fourth-order valence-electron chi connectivity index (χ4n) is 2.27. The number of anilines is 2. The molecule has 0 saturated carbocycles. The van der Waals surface area contributed by atoms with Crippen LogP contribution in [-0.4, -0.2) is 22.9 Å². The second-order valence-corrected chi connectivity index (χ2v) is 6.70. The molecule has 2 amide bonds. The van der Waals surface area contributed by atoms with Gasteiger partial charge < -0.3 is 15.4 Å². The van der Waals surface area contributed by atoms with Gasteiger partial charge in [-0.05, 0) is 37.3 Å². The van der Waals surface area contributed by atoms with Crippen molar-refractivity contribution in [1.29, 1.82) is 0 Å². The molecule has 1 aromatic heterocycles. The van der Waals surface area contributed by atoms with Gasteiger partial charge in [-0.1, -0.05) is 36.5 Å². The molecule has 3 rings (SSSR count). The average molecular weight is 369 g/mol. The van der Waals surface area contributed by atoms with Crippen LogP contribution < -0.4 is 15.4 Å². The fourth-order valence-corrected chi connectivity index (χ4v) is 3.13. The van der Waals surface area contributed by atoms with E-state index in [1.165, 1.54) is 11.3 Å². The molecule has 0 aliphatic rings. The molecule has 0 aliphatic heterocycles. The van der Waals surface area contributed by atoms with Crippen LogP contribution in [0.1, 0.15) is 20.3 Å². The largest absolute Gasteiger partial charge is 0.481 e. The van der Waals surface area contributed by atoms with Crippen molar-refractivity contribution in [2.24, 2.45) is 0 Å². The Hall–Kier alpha value is -2.93. The standard InChI is InChI=1S/C19H19N3O3S/c1-3-17(23)22-19-21-15-11-13(9-10-16(15)26-19)20-18(24)12(2)25-14-7-5-4-6-8-14/h4-12H,3H2,1-2H3,(H,20,24)(H,21,22,23)/t12-/m1/s1. The molecule has 0 unspecified atom stereocenters. The summed E-state index contributed by atoms with van der Waals surface area (Å²) in [5.74, 6) is 0.314. The second kappa shape index (κ2) is 7.97. The molecule has 3 aromatic rings. The first kappa shape index (κ1) is 17.9. The van der Waals surface area contributed by atoms with E-state index in [0.29, 0.717) is 23.0 Å². The van der Waals surface area contributed by atoms with Gasteiger partial charge in [-0.3, -0.25) is 9.59 Å². The number of thiazole rings is 1. The Kier molecular flexibility index (Phi) is 5.48. The lowest BCUT2D eigenvalue weighted by atomic mass is 10.2. The number of amides is 2. The van der Waals surface area contributed by atoms with Crippen molar-refractivity contribution in [1.82, 2.24) is 4.98 Å². The van der Waals surface area contributed by atoms with Crippen LogP contribution in [-0.2, 0) is 9.59 Å². The lowest BCUT2D eigenvalue weighted by molar-refractivity contribution is -0.122. The maximum absolute atomic E-state index is 12.3. The van der Waals surface area contributed by atoms with E-state index < -0.39 is 6.10 Å². The van der Waals surface area contributed by atoms with Crippen molar-refractivity contribution in [3.63, 3.8) is 0 Å². The topological polar surface area (TPSA) is 80.3 Å². The van der Waals surface area contributed by atoms with Crippen LogP contribution in [0.2, 0.25) is 0 Å². The first-order valence-electron chi connectivity index (χ1n) is 8.28. The van der Waals surface area contributed by atoms with E-state index in [-0.39, 0.29) is 11.8 Å². The molecule has 1 atom stereocenters. The normalized spacial score (nSPS) is 11.8. The number of nitrogens with one attached hydrogen (secondary N) is 2. The van der Waals surface area contributed by atoms with Crippen molar-refractivity contribution in [3.8, 4) is 5.75 Å². The molecule has 6 nitrogen and oxygen atoms in total. The predicted octanol–water partition coefficient (Wildman–Crippen LogP) is 4.05. The first-order chi connectivity index (χ1) is 12.5. The van der Waals surface area contributed by atoms with Crippen molar-refractivity contribution in [3.05, 3.63) is 48.5 Å². The number of rotatable bonds is 6. The number of fused-ring (bicyclic) bond motifs is 1. The summed E-state index contributed by atoms with van der Waals surface area (Å²) in [5, 5.41) is 6.13. The minimum absolute atomic E-state index is 0.0792. The van der Waals surface area contributed by atoms with Gasteiger partial charge in [0, 0.05) is 12.1 Å². The molecule has 2 N–H and O–H groups in total. The number of carbonyl (C=O) groups is 2. The molecule has 0 radical (unpaired) electrons. The van der Waals surface area contributed by atoms with E-state index in [1.807, 2.05) is 24.3 Å². The monoisotopic (exact) mass is 369 g/mol. The first-order valence-corrected chi connectivity index (χ1v) is 9.10. The number of nitrogens with zero attached hydrogens (tertiary/aromatic N) is 1. The molecular weight excluding hydrogens is 350 g/mol. The van der Waals surface area contributed by atoms with E-state index in [9.17, 15) is 9.59 Å². The summed E-state index contributed by atoms with van der Waals surface area (Å²) in [7, 11) is 0. The van der Waals surface area contributed by atoms with E-state index >= 15 is 0 Å². The van der Waals surface area contributed by atoms with Gasteiger partial charge in [0.15, 0.2) is 11.2 Å². The van der Waals surface area contributed by atoms with Gasteiger partial charge in [0.25, 0.3) is 5.91 Å². The highest BCUT2D eigenvalue weighted by molar-refractivity contribution is 7.22. The summed E-state index contributed by atoms with van der Waals surface area (Å²) in [6.45, 7) is 3.48. The quantitative estimate of drug-likeness (QED) is 0.687. The summed E-state index contributed by atoms with van der Waals surface area (Å²) in [4.78, 5) is 28.2. The zero-order chi connectivity index (χ0) is 18.5. The van der Waals surface area contributed by atoms with Gasteiger partial charge in [0.1, 0.15) is 5.75 Å². The molecule has 2 aromatic carbocycles. The molecule has 0 spiro atoms. The number of hydrogen-bond acceptors (Lipinski definition) is 5. The summed E-state index contributed by atoms with van der Waals surface area (Å²) in [6, 6.07) is 14.6. The summed E-state index contributed by atoms with van der Waals surface area (Å²) >= 11 is 1.40. The number of para-hydroxylation sites is 1. The molecule has 7 heteroatoms. The highest BCUT2D eigenvalue weighted by Crippen LogP contribution is 2.28. The Bertz CT molecular complexity index is 924. The highest BCUT2D eigenvalue weighted by Gasteiger charge is 2.15. The Labute approximate surface area is 155 Å². The lowest BCUT2D eigenvalue weighted by Crippen LogP contribution is -2.30. The number of ether oxygens (including phenoxy) is 1. The summed E-state index contributed by atoms with van der Waals surface area (Å²) in [5.41, 5.74) is 1.35. The number of hydrogen-bond donors (Lipinski definition) is 2. The zero-order valence-electron chi connectivity index (χ0n) is 14.5. The molecule has 0 saturated heterocycles. The number of aromatic nitrogens is 1. The van der Waals surface area contributed by atoms with Gasteiger partial charge in [0.2, 0.25) is 5.91 Å². The van der Waals surface area contributed by atoms with Crippen LogP contribution >= 0.6 is 11.3 Å². The highest BCUT2D eigenvalue weighted by atomic mass is 32.1. The molecule has 26 heavy (non-hydrogen) atoms. The predicted molar refractivity (Wildman–Crippen MR) is 104 cm³/mol. The average Bonchev–Trinajstić information content (AvgIpc) is 3.03. The van der Waals surface area contributed by atoms with Gasteiger partial charge in [-0.25, -0.2) is 4.98 Å². The third kappa shape index (κ3) is 4.37. The van der Waals surface area contributed by atoms with Crippen LogP contribution in [0.3, 0.4) is 0 Å². The molecule has 1 heterocycles. The Morgan fingerprint density at radius 3 is 2.65 bits per heavy atom. The van der Waals surface area contributed by atoms with Crippen molar-refractivity contribution >= 4 is 44.2 Å². The van der Waals surface area contributed by atoms with Gasteiger partial charge in [-0.2, -0.15) is 0 Å². The van der Waals surface area contributed by atoms with Gasteiger partial charge >= 0.3 is 0 Å². The number of carbonyl (C=O) groups excluding carboxylic acids is 2. The van der Waals surface area contributed by atoms with Gasteiger partial charge in [0.05, 0.1) is 10.2 Å². The lowest BCUT2D eigenvalue weighted by Gasteiger charge is -2.14.